The van der Waals surface area contributed by atoms with E-state index in [2.05, 4.69) is 6.58 Å². The minimum absolute atomic E-state index is 0.629. The molecule has 2 nitrogen and oxygen atoms in total. The molecule has 0 aromatic heterocycles. The zero-order valence-corrected chi connectivity index (χ0v) is 7.62. The summed E-state index contributed by atoms with van der Waals surface area (Å²) in [7, 11) is 1.59. The van der Waals surface area contributed by atoms with Gasteiger partial charge in [0.1, 0.15) is 12.0 Å². The van der Waals surface area contributed by atoms with Crippen LogP contribution in [0.15, 0.2) is 30.9 Å². The van der Waals surface area contributed by atoms with Crippen molar-refractivity contribution in [1.82, 2.24) is 0 Å². The Morgan fingerprint density at radius 2 is 2.31 bits per heavy atom. The number of methoxy groups -OCH3 is 1. The van der Waals surface area contributed by atoms with E-state index in [0.717, 1.165) is 24.0 Å². The fourth-order valence-electron chi connectivity index (χ4n) is 1.16. The fourth-order valence-corrected chi connectivity index (χ4v) is 1.16. The van der Waals surface area contributed by atoms with E-state index in [1.807, 2.05) is 6.07 Å². The topological polar surface area (TPSA) is 26.3 Å². The number of aldehydes is 1. The van der Waals surface area contributed by atoms with Gasteiger partial charge in [0.05, 0.1) is 7.11 Å². The second-order valence-corrected chi connectivity index (χ2v) is 2.68. The summed E-state index contributed by atoms with van der Waals surface area (Å²) in [6.07, 6.45) is 3.36. The molecule has 0 aliphatic rings. The van der Waals surface area contributed by atoms with Gasteiger partial charge in [0.25, 0.3) is 0 Å². The quantitative estimate of drug-likeness (QED) is 0.519. The molecule has 0 heterocycles. The van der Waals surface area contributed by atoms with Crippen LogP contribution in [0, 0.1) is 0 Å². The number of benzene rings is 1. The molecule has 0 atom stereocenters. The molecule has 1 rings (SSSR count). The second kappa shape index (κ2) is 4.45. The van der Waals surface area contributed by atoms with Crippen LogP contribution in [0.4, 0.5) is 0 Å². The highest BCUT2D eigenvalue weighted by Crippen LogP contribution is 2.19. The van der Waals surface area contributed by atoms with E-state index in [9.17, 15) is 4.79 Å². The van der Waals surface area contributed by atoms with Crippen molar-refractivity contribution in [2.24, 2.45) is 0 Å². The van der Waals surface area contributed by atoms with Gasteiger partial charge in [-0.25, -0.2) is 0 Å². The molecule has 1 aromatic rings. The van der Waals surface area contributed by atoms with Crippen molar-refractivity contribution in [3.05, 3.63) is 42.0 Å². The molecule has 0 radical (unpaired) electrons. The largest absolute Gasteiger partial charge is 0.496 e. The van der Waals surface area contributed by atoms with Gasteiger partial charge in [-0.15, -0.1) is 6.58 Å². The number of allylic oxidation sites excluding steroid dienone is 1. The van der Waals surface area contributed by atoms with E-state index in [-0.39, 0.29) is 0 Å². The maximum absolute atomic E-state index is 10.5. The first-order chi connectivity index (χ1) is 6.31. The highest BCUT2D eigenvalue weighted by molar-refractivity contribution is 5.75. The zero-order valence-electron chi connectivity index (χ0n) is 7.62. The number of hydrogen-bond acceptors (Lipinski definition) is 2. The summed E-state index contributed by atoms with van der Waals surface area (Å²) in [4.78, 5) is 10.5. The Bertz CT molecular complexity index is 316. The molecule has 0 aliphatic carbocycles. The van der Waals surface area contributed by atoms with Crippen molar-refractivity contribution in [1.29, 1.82) is 0 Å². The van der Waals surface area contributed by atoms with Gasteiger partial charge in [0.2, 0.25) is 0 Å². The first-order valence-corrected chi connectivity index (χ1v) is 4.04. The molecule has 2 heteroatoms. The standard InChI is InChI=1S/C11H12O2/c1-3-4-10-6-5-9(8-12)7-11(10)13-2/h3,5-8H,1,4H2,2H3. The molecular formula is C11H12O2. The normalized spacial score (nSPS) is 9.31. The lowest BCUT2D eigenvalue weighted by Gasteiger charge is -2.06. The van der Waals surface area contributed by atoms with E-state index >= 15 is 0 Å². The smallest absolute Gasteiger partial charge is 0.150 e. The summed E-state index contributed by atoms with van der Waals surface area (Å²) in [6, 6.07) is 5.38. The van der Waals surface area contributed by atoms with Crippen LogP contribution in [0.25, 0.3) is 0 Å². The van der Waals surface area contributed by atoms with Crippen LogP contribution in [-0.4, -0.2) is 13.4 Å². The Hall–Kier alpha value is -1.57. The molecule has 68 valence electrons. The lowest BCUT2D eigenvalue weighted by molar-refractivity contribution is 0.112. The van der Waals surface area contributed by atoms with Gasteiger partial charge >= 0.3 is 0 Å². The van der Waals surface area contributed by atoms with Crippen molar-refractivity contribution in [2.75, 3.05) is 7.11 Å². The number of carbonyl (C=O) groups excluding carboxylic acids is 1. The van der Waals surface area contributed by atoms with Crippen molar-refractivity contribution < 1.29 is 9.53 Å². The fraction of sp³-hybridized carbons (Fsp3) is 0.182. The van der Waals surface area contributed by atoms with E-state index in [1.54, 1.807) is 25.3 Å². The summed E-state index contributed by atoms with van der Waals surface area (Å²) >= 11 is 0. The van der Waals surface area contributed by atoms with E-state index in [4.69, 9.17) is 4.74 Å². The monoisotopic (exact) mass is 176 g/mol. The number of hydrogen-bond donors (Lipinski definition) is 0. The van der Waals surface area contributed by atoms with Crippen molar-refractivity contribution in [3.63, 3.8) is 0 Å². The molecule has 0 bridgehead atoms. The van der Waals surface area contributed by atoms with Crippen LogP contribution >= 0.6 is 0 Å². The Morgan fingerprint density at radius 3 is 2.85 bits per heavy atom. The third-order valence-electron chi connectivity index (χ3n) is 1.81. The van der Waals surface area contributed by atoms with E-state index in [0.29, 0.717) is 5.56 Å². The van der Waals surface area contributed by atoms with Gasteiger partial charge in [-0.3, -0.25) is 4.79 Å². The van der Waals surface area contributed by atoms with Gasteiger partial charge in [0.15, 0.2) is 0 Å². The van der Waals surface area contributed by atoms with Crippen LogP contribution < -0.4 is 4.74 Å². The molecule has 0 N–H and O–H groups in total. The molecular weight excluding hydrogens is 164 g/mol. The number of ether oxygens (including phenoxy) is 1. The summed E-state index contributed by atoms with van der Waals surface area (Å²) < 4.78 is 5.13. The van der Waals surface area contributed by atoms with Gasteiger partial charge in [-0.1, -0.05) is 18.2 Å². The lowest BCUT2D eigenvalue weighted by Crippen LogP contribution is -1.92. The Morgan fingerprint density at radius 1 is 1.54 bits per heavy atom. The minimum Gasteiger partial charge on any atom is -0.496 e. The van der Waals surface area contributed by atoms with Gasteiger partial charge in [-0.2, -0.15) is 0 Å². The van der Waals surface area contributed by atoms with Crippen LogP contribution in [0.5, 0.6) is 5.75 Å². The van der Waals surface area contributed by atoms with Gasteiger partial charge in [-0.05, 0) is 18.1 Å². The Kier molecular flexibility index (Phi) is 3.26. The summed E-state index contributed by atoms with van der Waals surface area (Å²) in [5, 5.41) is 0. The zero-order chi connectivity index (χ0) is 9.68. The number of rotatable bonds is 4. The molecule has 13 heavy (non-hydrogen) atoms. The van der Waals surface area contributed by atoms with Gasteiger partial charge < -0.3 is 4.74 Å². The molecule has 0 spiro atoms. The van der Waals surface area contributed by atoms with Crippen molar-refractivity contribution >= 4 is 6.29 Å². The van der Waals surface area contributed by atoms with Crippen LogP contribution in [0.3, 0.4) is 0 Å². The summed E-state index contributed by atoms with van der Waals surface area (Å²) in [5.41, 5.74) is 1.67. The Balaban J connectivity index is 3.06. The first-order valence-electron chi connectivity index (χ1n) is 4.04. The van der Waals surface area contributed by atoms with Crippen molar-refractivity contribution in [2.45, 2.75) is 6.42 Å². The first kappa shape index (κ1) is 9.52. The second-order valence-electron chi connectivity index (χ2n) is 2.68. The predicted octanol–water partition coefficient (Wildman–Crippen LogP) is 2.24. The summed E-state index contributed by atoms with van der Waals surface area (Å²) in [5.74, 6) is 0.740. The SMILES string of the molecule is C=CCc1ccc(C=O)cc1OC. The average molecular weight is 176 g/mol. The lowest BCUT2D eigenvalue weighted by atomic mass is 10.1. The molecule has 1 aromatic carbocycles. The average Bonchev–Trinajstić information content (AvgIpc) is 2.19. The maximum Gasteiger partial charge on any atom is 0.150 e. The molecule has 0 amide bonds. The molecule has 0 aliphatic heterocycles. The van der Waals surface area contributed by atoms with Crippen LogP contribution in [0.2, 0.25) is 0 Å². The van der Waals surface area contributed by atoms with Gasteiger partial charge in [0, 0.05) is 5.56 Å². The van der Waals surface area contributed by atoms with Crippen LogP contribution in [0.1, 0.15) is 15.9 Å². The highest BCUT2D eigenvalue weighted by Gasteiger charge is 2.01. The molecule has 0 unspecified atom stereocenters. The third kappa shape index (κ3) is 2.18. The highest BCUT2D eigenvalue weighted by atomic mass is 16.5. The number of carbonyl (C=O) groups is 1. The molecule has 0 fully saturated rings. The maximum atomic E-state index is 10.5. The molecule has 0 saturated heterocycles. The predicted molar refractivity (Wildman–Crippen MR) is 52.3 cm³/mol. The third-order valence-corrected chi connectivity index (χ3v) is 1.81. The molecule has 0 saturated carbocycles. The van der Waals surface area contributed by atoms with Crippen LogP contribution in [-0.2, 0) is 6.42 Å². The summed E-state index contributed by atoms with van der Waals surface area (Å²) in [6.45, 7) is 3.65. The van der Waals surface area contributed by atoms with E-state index in [1.165, 1.54) is 0 Å². The van der Waals surface area contributed by atoms with E-state index < -0.39 is 0 Å². The Labute approximate surface area is 77.8 Å². The minimum atomic E-state index is 0.629. The van der Waals surface area contributed by atoms with Crippen molar-refractivity contribution in [3.8, 4) is 5.75 Å².